The highest BCUT2D eigenvalue weighted by molar-refractivity contribution is 5.58. The molecular formula is C20H19N7O2. The van der Waals surface area contributed by atoms with Gasteiger partial charge in [-0.05, 0) is 25.1 Å². The van der Waals surface area contributed by atoms with Crippen LogP contribution in [0.4, 0.5) is 5.95 Å². The molecule has 4 aromatic heterocycles. The molecule has 9 heteroatoms. The van der Waals surface area contributed by atoms with Crippen molar-refractivity contribution in [3.63, 3.8) is 0 Å². The fourth-order valence-corrected chi connectivity index (χ4v) is 2.80. The number of hydrogen-bond donors (Lipinski definition) is 1. The molecule has 0 aliphatic rings. The highest BCUT2D eigenvalue weighted by Crippen LogP contribution is 2.25. The SMILES string of the molecule is CCNc1nccc(=O)n1-c1ccc(Oc2ccnc(-c3cnn(C)c3)c2)cn1. The van der Waals surface area contributed by atoms with E-state index in [9.17, 15) is 4.79 Å². The van der Waals surface area contributed by atoms with Crippen LogP contribution in [0.15, 0.2) is 66.1 Å². The van der Waals surface area contributed by atoms with E-state index in [4.69, 9.17) is 4.74 Å². The molecule has 0 bridgehead atoms. The molecule has 146 valence electrons. The fraction of sp³-hybridized carbons (Fsp3) is 0.150. The van der Waals surface area contributed by atoms with Crippen molar-refractivity contribution < 1.29 is 4.74 Å². The van der Waals surface area contributed by atoms with Crippen molar-refractivity contribution in [1.29, 1.82) is 0 Å². The number of nitrogens with zero attached hydrogens (tertiary/aromatic N) is 6. The Kier molecular flexibility index (Phi) is 5.02. The van der Waals surface area contributed by atoms with Crippen LogP contribution >= 0.6 is 0 Å². The minimum Gasteiger partial charge on any atom is -0.456 e. The highest BCUT2D eigenvalue weighted by atomic mass is 16.5. The predicted molar refractivity (Wildman–Crippen MR) is 108 cm³/mol. The lowest BCUT2D eigenvalue weighted by atomic mass is 10.2. The van der Waals surface area contributed by atoms with E-state index in [0.717, 1.165) is 11.3 Å². The van der Waals surface area contributed by atoms with Crippen molar-refractivity contribution in [2.45, 2.75) is 6.92 Å². The van der Waals surface area contributed by atoms with Crippen molar-refractivity contribution in [3.05, 3.63) is 71.7 Å². The van der Waals surface area contributed by atoms with E-state index in [1.54, 1.807) is 41.5 Å². The average Bonchev–Trinajstić information content (AvgIpc) is 3.16. The standard InChI is InChI=1S/C20H19N7O2/c1-3-21-20-23-9-7-19(28)27(20)18-5-4-16(12-24-18)29-15-6-8-22-17(10-15)14-11-25-26(2)13-14/h4-13H,3H2,1-2H3,(H,21,23). The molecule has 0 spiro atoms. The summed E-state index contributed by atoms with van der Waals surface area (Å²) in [5, 5.41) is 7.22. The molecule has 0 saturated heterocycles. The number of ether oxygens (including phenoxy) is 1. The highest BCUT2D eigenvalue weighted by Gasteiger charge is 2.09. The van der Waals surface area contributed by atoms with Crippen molar-refractivity contribution in [3.8, 4) is 28.6 Å². The maximum atomic E-state index is 12.3. The van der Waals surface area contributed by atoms with Gasteiger partial charge >= 0.3 is 0 Å². The Morgan fingerprint density at radius 3 is 2.62 bits per heavy atom. The fourth-order valence-electron chi connectivity index (χ4n) is 2.80. The van der Waals surface area contributed by atoms with E-state index >= 15 is 0 Å². The molecule has 0 aliphatic carbocycles. The monoisotopic (exact) mass is 389 g/mol. The summed E-state index contributed by atoms with van der Waals surface area (Å²) in [5.41, 5.74) is 1.45. The van der Waals surface area contributed by atoms with Gasteiger partial charge in [0.2, 0.25) is 5.95 Å². The van der Waals surface area contributed by atoms with Crippen LogP contribution in [0.2, 0.25) is 0 Å². The van der Waals surface area contributed by atoms with Crippen LogP contribution in [-0.4, -0.2) is 35.8 Å². The largest absolute Gasteiger partial charge is 0.456 e. The van der Waals surface area contributed by atoms with Crippen LogP contribution in [0, 0.1) is 0 Å². The van der Waals surface area contributed by atoms with Crippen LogP contribution in [0.25, 0.3) is 17.1 Å². The second-order valence-electron chi connectivity index (χ2n) is 6.21. The molecule has 0 atom stereocenters. The lowest BCUT2D eigenvalue weighted by Gasteiger charge is -2.12. The number of rotatable bonds is 6. The summed E-state index contributed by atoms with van der Waals surface area (Å²) in [6, 6.07) is 8.45. The summed E-state index contributed by atoms with van der Waals surface area (Å²) >= 11 is 0. The summed E-state index contributed by atoms with van der Waals surface area (Å²) in [6.07, 6.45) is 8.34. The summed E-state index contributed by atoms with van der Waals surface area (Å²) in [7, 11) is 1.85. The second kappa shape index (κ2) is 7.93. The summed E-state index contributed by atoms with van der Waals surface area (Å²) in [6.45, 7) is 2.57. The molecule has 0 unspecified atom stereocenters. The number of aryl methyl sites for hydroxylation is 1. The molecule has 0 saturated carbocycles. The number of nitrogens with one attached hydrogen (secondary N) is 1. The number of hydrogen-bond acceptors (Lipinski definition) is 7. The Labute approximate surface area is 166 Å². The quantitative estimate of drug-likeness (QED) is 0.541. The Morgan fingerprint density at radius 1 is 1.03 bits per heavy atom. The first kappa shape index (κ1) is 18.4. The van der Waals surface area contributed by atoms with Crippen LogP contribution in [0.3, 0.4) is 0 Å². The van der Waals surface area contributed by atoms with Gasteiger partial charge in [-0.3, -0.25) is 14.5 Å². The van der Waals surface area contributed by atoms with Crippen molar-refractivity contribution in [2.24, 2.45) is 7.05 Å². The molecule has 0 aliphatic heterocycles. The van der Waals surface area contributed by atoms with Crippen molar-refractivity contribution in [2.75, 3.05) is 11.9 Å². The Balaban J connectivity index is 1.58. The van der Waals surface area contributed by atoms with Gasteiger partial charge in [0, 0.05) is 49.9 Å². The smallest absolute Gasteiger partial charge is 0.260 e. The maximum absolute atomic E-state index is 12.3. The van der Waals surface area contributed by atoms with Gasteiger partial charge < -0.3 is 10.1 Å². The first-order chi connectivity index (χ1) is 14.1. The molecule has 0 aromatic carbocycles. The van der Waals surface area contributed by atoms with Gasteiger partial charge in [-0.1, -0.05) is 0 Å². The van der Waals surface area contributed by atoms with Gasteiger partial charge in [-0.15, -0.1) is 0 Å². The molecule has 1 N–H and O–H groups in total. The van der Waals surface area contributed by atoms with Gasteiger partial charge in [0.15, 0.2) is 0 Å². The Morgan fingerprint density at radius 2 is 1.90 bits per heavy atom. The van der Waals surface area contributed by atoms with Gasteiger partial charge in [0.25, 0.3) is 5.56 Å². The maximum Gasteiger partial charge on any atom is 0.260 e. The second-order valence-corrected chi connectivity index (χ2v) is 6.21. The Hall–Kier alpha value is -4.01. The zero-order chi connectivity index (χ0) is 20.2. The number of anilines is 1. The molecule has 4 heterocycles. The zero-order valence-corrected chi connectivity index (χ0v) is 16.0. The minimum absolute atomic E-state index is 0.215. The third-order valence-corrected chi connectivity index (χ3v) is 4.10. The predicted octanol–water partition coefficient (Wildman–Crippen LogP) is 2.65. The van der Waals surface area contributed by atoms with Gasteiger partial charge in [-0.2, -0.15) is 5.10 Å². The molecular weight excluding hydrogens is 370 g/mol. The minimum atomic E-state index is -0.215. The summed E-state index contributed by atoms with van der Waals surface area (Å²) in [4.78, 5) is 25.2. The van der Waals surface area contributed by atoms with Crippen LogP contribution in [0.5, 0.6) is 11.5 Å². The Bertz CT molecular complexity index is 1180. The van der Waals surface area contributed by atoms with Crippen molar-refractivity contribution in [1.82, 2.24) is 29.3 Å². The van der Waals surface area contributed by atoms with E-state index in [-0.39, 0.29) is 5.56 Å². The van der Waals surface area contributed by atoms with E-state index in [1.807, 2.05) is 26.2 Å². The van der Waals surface area contributed by atoms with Crippen molar-refractivity contribution >= 4 is 5.95 Å². The molecule has 29 heavy (non-hydrogen) atoms. The first-order valence-corrected chi connectivity index (χ1v) is 9.05. The number of aromatic nitrogens is 6. The van der Waals surface area contributed by atoms with Gasteiger partial charge in [0.1, 0.15) is 17.3 Å². The van der Waals surface area contributed by atoms with Gasteiger partial charge in [-0.25, -0.2) is 14.5 Å². The van der Waals surface area contributed by atoms with E-state index < -0.39 is 0 Å². The molecule has 4 rings (SSSR count). The molecule has 4 aromatic rings. The van der Waals surface area contributed by atoms with Crippen LogP contribution in [-0.2, 0) is 7.05 Å². The molecule has 0 radical (unpaired) electrons. The van der Waals surface area contributed by atoms with Crippen LogP contribution < -0.4 is 15.6 Å². The number of pyridine rings is 2. The van der Waals surface area contributed by atoms with Gasteiger partial charge in [0.05, 0.1) is 18.1 Å². The third kappa shape index (κ3) is 3.98. The van der Waals surface area contributed by atoms with Crippen LogP contribution in [0.1, 0.15) is 6.92 Å². The summed E-state index contributed by atoms with van der Waals surface area (Å²) < 4.78 is 9.03. The lowest BCUT2D eigenvalue weighted by molar-refractivity contribution is 0.479. The average molecular weight is 389 g/mol. The third-order valence-electron chi connectivity index (χ3n) is 4.10. The molecule has 0 amide bonds. The normalized spacial score (nSPS) is 10.7. The molecule has 0 fully saturated rings. The first-order valence-electron chi connectivity index (χ1n) is 9.05. The van der Waals surface area contributed by atoms with E-state index in [1.165, 1.54) is 16.8 Å². The lowest BCUT2D eigenvalue weighted by Crippen LogP contribution is -2.23. The van der Waals surface area contributed by atoms with E-state index in [2.05, 4.69) is 25.4 Å². The molecule has 9 nitrogen and oxygen atoms in total. The summed E-state index contributed by atoms with van der Waals surface area (Å²) in [5.74, 6) is 2.06. The van der Waals surface area contributed by atoms with E-state index in [0.29, 0.717) is 29.8 Å². The topological polar surface area (TPSA) is 99.8 Å². The zero-order valence-electron chi connectivity index (χ0n) is 16.0.